The molecule has 0 unspecified atom stereocenters. The van der Waals surface area contributed by atoms with Crippen molar-refractivity contribution in [3.8, 4) is 11.5 Å². The Morgan fingerprint density at radius 1 is 1.24 bits per heavy atom. The van der Waals surface area contributed by atoms with E-state index in [2.05, 4.69) is 20.2 Å². The number of pyridine rings is 1. The van der Waals surface area contributed by atoms with Gasteiger partial charge in [0, 0.05) is 50.5 Å². The van der Waals surface area contributed by atoms with Gasteiger partial charge in [0.05, 0.1) is 32.5 Å². The van der Waals surface area contributed by atoms with Gasteiger partial charge in [0.1, 0.15) is 11.3 Å². The molecule has 2 aliphatic heterocycles. The molecular formula is C24H28N6O4. The van der Waals surface area contributed by atoms with Gasteiger partial charge in [-0.15, -0.1) is 0 Å². The minimum atomic E-state index is -0.393. The molecule has 10 nitrogen and oxygen atoms in total. The molecule has 10 heteroatoms. The summed E-state index contributed by atoms with van der Waals surface area (Å²) in [6.45, 7) is 6.42. The molecule has 3 aromatic rings. The number of carbonyl (C=O) groups is 1. The van der Waals surface area contributed by atoms with Crippen LogP contribution in [-0.2, 0) is 11.3 Å². The fraction of sp³-hybridized carbons (Fsp3) is 0.417. The van der Waals surface area contributed by atoms with Crippen LogP contribution >= 0.6 is 0 Å². The van der Waals surface area contributed by atoms with Gasteiger partial charge >= 0.3 is 0 Å². The highest BCUT2D eigenvalue weighted by Crippen LogP contribution is 2.37. The van der Waals surface area contributed by atoms with Crippen molar-refractivity contribution >= 4 is 22.6 Å². The Kier molecular flexibility index (Phi) is 6.68. The van der Waals surface area contributed by atoms with Gasteiger partial charge in [0.15, 0.2) is 11.5 Å². The van der Waals surface area contributed by atoms with Crippen LogP contribution in [0.5, 0.6) is 11.5 Å². The zero-order chi connectivity index (χ0) is 23.3. The van der Waals surface area contributed by atoms with Crippen molar-refractivity contribution in [3.05, 3.63) is 47.8 Å². The van der Waals surface area contributed by atoms with E-state index < -0.39 is 5.91 Å². The average molecular weight is 465 g/mol. The van der Waals surface area contributed by atoms with Crippen molar-refractivity contribution in [2.45, 2.75) is 13.0 Å². The van der Waals surface area contributed by atoms with Crippen LogP contribution in [0, 0.1) is 0 Å². The number of nitrogens with zero attached hydrogens (tertiary/aromatic N) is 5. The van der Waals surface area contributed by atoms with E-state index in [4.69, 9.17) is 19.2 Å². The van der Waals surface area contributed by atoms with Crippen molar-refractivity contribution < 1.29 is 19.0 Å². The maximum atomic E-state index is 12.7. The second-order valence-electron chi connectivity index (χ2n) is 8.15. The predicted octanol–water partition coefficient (Wildman–Crippen LogP) is 1.71. The lowest BCUT2D eigenvalue weighted by Gasteiger charge is -2.26. The van der Waals surface area contributed by atoms with Crippen LogP contribution in [0.2, 0.25) is 0 Å². The Hall–Kier alpha value is -3.50. The average Bonchev–Trinajstić information content (AvgIpc) is 3.38. The number of amides is 1. The van der Waals surface area contributed by atoms with Crippen LogP contribution in [-0.4, -0.2) is 78.5 Å². The number of morpholine rings is 1. The molecule has 5 rings (SSSR count). The van der Waals surface area contributed by atoms with Crippen molar-refractivity contribution in [3.63, 3.8) is 0 Å². The first-order valence-electron chi connectivity index (χ1n) is 11.5. The molecule has 34 heavy (non-hydrogen) atoms. The second-order valence-corrected chi connectivity index (χ2v) is 8.15. The molecule has 0 aliphatic carbocycles. The minimum absolute atomic E-state index is 0.323. The molecule has 4 heterocycles. The van der Waals surface area contributed by atoms with Crippen LogP contribution in [0.1, 0.15) is 16.8 Å². The Labute approximate surface area is 197 Å². The summed E-state index contributed by atoms with van der Waals surface area (Å²) in [4.78, 5) is 28.2. The number of methoxy groups -OCH3 is 1. The van der Waals surface area contributed by atoms with Crippen LogP contribution < -0.4 is 20.4 Å². The standard InChI is InChI=1S/C24H28N6O4/c1-32-21-19(34-13-3-9-29-11-14-33-15-12-29)6-5-18-20(21)27-24(30-10-8-26-22(18)30)28-23(31)17-4-2-7-25-16-17/h2,4-7,16,26H,3,8-15H2,1H3. The first-order valence-corrected chi connectivity index (χ1v) is 11.5. The lowest BCUT2D eigenvalue weighted by atomic mass is 10.2. The fourth-order valence-corrected chi connectivity index (χ4v) is 4.29. The molecule has 1 aromatic carbocycles. The third-order valence-corrected chi connectivity index (χ3v) is 6.00. The first-order chi connectivity index (χ1) is 16.7. The highest BCUT2D eigenvalue weighted by atomic mass is 16.5. The topological polar surface area (TPSA) is 103 Å². The Bertz CT molecular complexity index is 1240. The monoisotopic (exact) mass is 464 g/mol. The van der Waals surface area contributed by atoms with E-state index in [1.807, 2.05) is 16.7 Å². The van der Waals surface area contributed by atoms with Gasteiger partial charge in [-0.2, -0.15) is 4.99 Å². The summed E-state index contributed by atoms with van der Waals surface area (Å²) in [6, 6.07) is 7.28. The van der Waals surface area contributed by atoms with E-state index in [1.54, 1.807) is 25.4 Å². The molecule has 0 bridgehead atoms. The summed E-state index contributed by atoms with van der Waals surface area (Å²) in [5.41, 5.74) is 1.34. The third kappa shape index (κ3) is 4.59. The number of anilines is 1. The Morgan fingerprint density at radius 2 is 2.12 bits per heavy atom. The lowest BCUT2D eigenvalue weighted by Crippen LogP contribution is -2.37. The highest BCUT2D eigenvalue weighted by molar-refractivity contribution is 5.96. The molecule has 1 fully saturated rings. The molecular weight excluding hydrogens is 436 g/mol. The lowest BCUT2D eigenvalue weighted by molar-refractivity contribution is 0.0357. The van der Waals surface area contributed by atoms with Crippen molar-refractivity contribution in [2.24, 2.45) is 4.99 Å². The van der Waals surface area contributed by atoms with Gasteiger partial charge in [-0.05, 0) is 30.7 Å². The van der Waals surface area contributed by atoms with E-state index in [-0.39, 0.29) is 0 Å². The molecule has 178 valence electrons. The summed E-state index contributed by atoms with van der Waals surface area (Å²) in [5, 5.41) is 4.27. The number of ether oxygens (including phenoxy) is 3. The van der Waals surface area contributed by atoms with E-state index >= 15 is 0 Å². The molecule has 1 amide bonds. The highest BCUT2D eigenvalue weighted by Gasteiger charge is 2.21. The summed E-state index contributed by atoms with van der Waals surface area (Å²) < 4.78 is 19.1. The number of aromatic nitrogens is 3. The van der Waals surface area contributed by atoms with Crippen molar-refractivity contribution in [2.75, 3.05) is 58.4 Å². The summed E-state index contributed by atoms with van der Waals surface area (Å²) in [5.74, 6) is 1.62. The number of hydrogen-bond donors (Lipinski definition) is 1. The largest absolute Gasteiger partial charge is 0.491 e. The summed E-state index contributed by atoms with van der Waals surface area (Å²) >= 11 is 0. The predicted molar refractivity (Wildman–Crippen MR) is 126 cm³/mol. The maximum Gasteiger partial charge on any atom is 0.281 e. The minimum Gasteiger partial charge on any atom is -0.491 e. The zero-order valence-corrected chi connectivity index (χ0v) is 19.2. The smallest absolute Gasteiger partial charge is 0.281 e. The maximum absolute atomic E-state index is 12.7. The van der Waals surface area contributed by atoms with Crippen LogP contribution in [0.4, 0.5) is 5.82 Å². The van der Waals surface area contributed by atoms with Gasteiger partial charge in [-0.3, -0.25) is 19.2 Å². The fourth-order valence-electron chi connectivity index (χ4n) is 4.29. The van der Waals surface area contributed by atoms with Gasteiger partial charge in [0.2, 0.25) is 5.62 Å². The molecule has 0 spiro atoms. The number of nitrogens with one attached hydrogen (secondary N) is 1. The van der Waals surface area contributed by atoms with Crippen LogP contribution in [0.25, 0.3) is 10.9 Å². The summed E-state index contributed by atoms with van der Waals surface area (Å²) in [7, 11) is 1.60. The molecule has 0 saturated carbocycles. The van der Waals surface area contributed by atoms with E-state index in [0.29, 0.717) is 41.3 Å². The van der Waals surface area contributed by atoms with Gasteiger partial charge in [-0.25, -0.2) is 4.98 Å². The number of benzene rings is 1. The van der Waals surface area contributed by atoms with E-state index in [0.717, 1.165) is 57.0 Å². The second kappa shape index (κ2) is 10.2. The number of hydrogen-bond acceptors (Lipinski definition) is 8. The SMILES string of the molecule is COc1c(OCCCN2CCOCC2)ccc2c3n(c(=NC(=O)c4cccnc4)nc12)CCN3. The van der Waals surface area contributed by atoms with Gasteiger partial charge in [0.25, 0.3) is 5.91 Å². The molecule has 0 atom stereocenters. The quantitative estimate of drug-likeness (QED) is 0.527. The van der Waals surface area contributed by atoms with E-state index in [1.165, 1.54) is 6.20 Å². The molecule has 2 aliphatic rings. The zero-order valence-electron chi connectivity index (χ0n) is 19.2. The van der Waals surface area contributed by atoms with Gasteiger partial charge < -0.3 is 19.5 Å². The van der Waals surface area contributed by atoms with E-state index in [9.17, 15) is 4.79 Å². The van der Waals surface area contributed by atoms with Crippen molar-refractivity contribution in [1.82, 2.24) is 19.4 Å². The van der Waals surface area contributed by atoms with Crippen LogP contribution in [0.15, 0.2) is 41.7 Å². The molecule has 1 N–H and O–H groups in total. The Balaban J connectivity index is 1.44. The number of carbonyl (C=O) groups excluding carboxylic acids is 1. The molecule has 1 saturated heterocycles. The Morgan fingerprint density at radius 3 is 2.91 bits per heavy atom. The first kappa shape index (κ1) is 22.3. The third-order valence-electron chi connectivity index (χ3n) is 6.00. The van der Waals surface area contributed by atoms with Crippen molar-refractivity contribution in [1.29, 1.82) is 0 Å². The normalized spacial score (nSPS) is 16.3. The molecule has 0 radical (unpaired) electrons. The van der Waals surface area contributed by atoms with Crippen LogP contribution in [0.3, 0.4) is 0 Å². The van der Waals surface area contributed by atoms with Gasteiger partial charge in [-0.1, -0.05) is 0 Å². The number of rotatable bonds is 7. The number of fused-ring (bicyclic) bond motifs is 3. The summed E-state index contributed by atoms with van der Waals surface area (Å²) in [6.07, 6.45) is 4.02. The molecule has 2 aromatic heterocycles.